The van der Waals surface area contributed by atoms with Crippen molar-refractivity contribution in [2.24, 2.45) is 0 Å². The van der Waals surface area contributed by atoms with Gasteiger partial charge >= 0.3 is 0 Å². The van der Waals surface area contributed by atoms with Crippen LogP contribution in [0, 0.1) is 0 Å². The van der Waals surface area contributed by atoms with E-state index in [4.69, 9.17) is 4.74 Å². The van der Waals surface area contributed by atoms with Crippen LogP contribution in [-0.2, 0) is 0 Å². The van der Waals surface area contributed by atoms with Crippen molar-refractivity contribution in [3.63, 3.8) is 0 Å². The van der Waals surface area contributed by atoms with Gasteiger partial charge in [-0.1, -0.05) is 23.5 Å². The fourth-order valence-electron chi connectivity index (χ4n) is 3.16. The minimum atomic E-state index is -0.0635. The van der Waals surface area contributed by atoms with Crippen molar-refractivity contribution in [2.45, 2.75) is 31.8 Å². The van der Waals surface area contributed by atoms with E-state index in [-0.39, 0.29) is 5.91 Å². The Balaban J connectivity index is 1.49. The molecule has 1 amide bonds. The summed E-state index contributed by atoms with van der Waals surface area (Å²) in [5.41, 5.74) is 1.56. The van der Waals surface area contributed by atoms with Gasteiger partial charge in [0, 0.05) is 12.6 Å². The van der Waals surface area contributed by atoms with E-state index >= 15 is 0 Å². The monoisotopic (exact) mass is 352 g/mol. The molecule has 0 spiro atoms. The van der Waals surface area contributed by atoms with Gasteiger partial charge in [-0.15, -0.1) is 0 Å². The predicted octanol–water partition coefficient (Wildman–Crippen LogP) is 4.89. The second-order valence-electron chi connectivity index (χ2n) is 6.38. The largest absolute Gasteiger partial charge is 0.490 e. The average molecular weight is 352 g/mol. The van der Waals surface area contributed by atoms with Crippen LogP contribution < -0.4 is 9.64 Å². The molecule has 1 fully saturated rings. The first-order valence-electron chi connectivity index (χ1n) is 8.61. The molecule has 2 aromatic carbocycles. The smallest absolute Gasteiger partial charge is 0.259 e. The molecule has 0 bridgehead atoms. The van der Waals surface area contributed by atoms with Gasteiger partial charge in [0.15, 0.2) is 5.13 Å². The van der Waals surface area contributed by atoms with Crippen LogP contribution in [0.2, 0.25) is 0 Å². The number of ether oxygens (including phenoxy) is 1. The van der Waals surface area contributed by atoms with Crippen molar-refractivity contribution in [3.05, 3.63) is 54.1 Å². The van der Waals surface area contributed by atoms with Gasteiger partial charge in [-0.3, -0.25) is 9.69 Å². The van der Waals surface area contributed by atoms with E-state index in [2.05, 4.69) is 4.98 Å². The summed E-state index contributed by atoms with van der Waals surface area (Å²) in [5, 5.41) is 0.706. The number of thiazole rings is 1. The maximum absolute atomic E-state index is 12.7. The fraction of sp³-hybridized carbons (Fsp3) is 0.300. The molecule has 4 nitrogen and oxygen atoms in total. The molecule has 3 aromatic rings. The quantitative estimate of drug-likeness (QED) is 0.671. The molecule has 1 aromatic heterocycles. The number of aromatic nitrogens is 1. The summed E-state index contributed by atoms with van der Waals surface area (Å²) in [6.45, 7) is 0. The van der Waals surface area contributed by atoms with Crippen molar-refractivity contribution < 1.29 is 9.53 Å². The van der Waals surface area contributed by atoms with Gasteiger partial charge in [-0.2, -0.15) is 0 Å². The van der Waals surface area contributed by atoms with Crippen molar-refractivity contribution in [1.29, 1.82) is 0 Å². The van der Waals surface area contributed by atoms with Gasteiger partial charge in [0.05, 0.1) is 16.3 Å². The Morgan fingerprint density at radius 3 is 2.56 bits per heavy atom. The SMILES string of the molecule is CN(C(=O)c1ccc(OC2CCCC2)cc1)c1nc2ccccc2s1. The molecule has 1 saturated carbocycles. The van der Waals surface area contributed by atoms with Crippen LogP contribution in [-0.4, -0.2) is 24.0 Å². The molecule has 25 heavy (non-hydrogen) atoms. The predicted molar refractivity (Wildman–Crippen MR) is 102 cm³/mol. The van der Waals surface area contributed by atoms with E-state index in [1.807, 2.05) is 48.5 Å². The van der Waals surface area contributed by atoms with Crippen LogP contribution in [0.15, 0.2) is 48.5 Å². The Morgan fingerprint density at radius 1 is 1.12 bits per heavy atom. The van der Waals surface area contributed by atoms with Crippen LogP contribution in [0.25, 0.3) is 10.2 Å². The lowest BCUT2D eigenvalue weighted by atomic mass is 10.2. The molecule has 1 aliphatic rings. The van der Waals surface area contributed by atoms with E-state index in [0.717, 1.165) is 28.8 Å². The number of fused-ring (bicyclic) bond motifs is 1. The van der Waals surface area contributed by atoms with Crippen molar-refractivity contribution in [3.8, 4) is 5.75 Å². The molecule has 4 rings (SSSR count). The van der Waals surface area contributed by atoms with Crippen LogP contribution in [0.4, 0.5) is 5.13 Å². The number of anilines is 1. The lowest BCUT2D eigenvalue weighted by molar-refractivity contribution is 0.0993. The summed E-state index contributed by atoms with van der Waals surface area (Å²) in [4.78, 5) is 18.9. The normalized spacial score (nSPS) is 14.8. The molecule has 0 radical (unpaired) electrons. The van der Waals surface area contributed by atoms with E-state index in [1.54, 1.807) is 11.9 Å². The molecule has 5 heteroatoms. The number of carbonyl (C=O) groups excluding carboxylic acids is 1. The molecule has 0 atom stereocenters. The molecule has 0 aliphatic heterocycles. The second kappa shape index (κ2) is 6.84. The highest BCUT2D eigenvalue weighted by Crippen LogP contribution is 2.29. The number of para-hydroxylation sites is 1. The van der Waals surface area contributed by atoms with E-state index in [9.17, 15) is 4.79 Å². The number of carbonyl (C=O) groups is 1. The maximum atomic E-state index is 12.7. The fourth-order valence-corrected chi connectivity index (χ4v) is 4.08. The van der Waals surface area contributed by atoms with Crippen LogP contribution in [0.5, 0.6) is 5.75 Å². The van der Waals surface area contributed by atoms with Gasteiger partial charge < -0.3 is 4.74 Å². The number of hydrogen-bond acceptors (Lipinski definition) is 4. The van der Waals surface area contributed by atoms with Crippen LogP contribution >= 0.6 is 11.3 Å². The zero-order valence-corrected chi connectivity index (χ0v) is 15.0. The van der Waals surface area contributed by atoms with Gasteiger partial charge in [0.25, 0.3) is 5.91 Å². The first-order chi connectivity index (χ1) is 12.2. The van der Waals surface area contributed by atoms with E-state index in [0.29, 0.717) is 16.8 Å². The molecule has 1 aliphatic carbocycles. The second-order valence-corrected chi connectivity index (χ2v) is 7.39. The molecule has 0 saturated heterocycles. The standard InChI is InChI=1S/C20H20N2O2S/c1-22(20-21-17-8-4-5-9-18(17)25-20)19(23)14-10-12-16(13-11-14)24-15-6-2-3-7-15/h4-5,8-13,15H,2-3,6-7H2,1H3. The third-order valence-electron chi connectivity index (χ3n) is 4.58. The Kier molecular flexibility index (Phi) is 4.40. The topological polar surface area (TPSA) is 42.4 Å². The molecular formula is C20H20N2O2S. The van der Waals surface area contributed by atoms with Crippen molar-refractivity contribution in [1.82, 2.24) is 4.98 Å². The minimum Gasteiger partial charge on any atom is -0.490 e. The molecule has 0 unspecified atom stereocenters. The summed E-state index contributed by atoms with van der Waals surface area (Å²) in [6, 6.07) is 15.3. The Labute approximate surface area is 151 Å². The Morgan fingerprint density at radius 2 is 1.84 bits per heavy atom. The van der Waals surface area contributed by atoms with Gasteiger partial charge in [-0.25, -0.2) is 4.98 Å². The minimum absolute atomic E-state index is 0.0635. The summed E-state index contributed by atoms with van der Waals surface area (Å²) in [6.07, 6.45) is 5.07. The number of rotatable bonds is 4. The van der Waals surface area contributed by atoms with Crippen LogP contribution in [0.1, 0.15) is 36.0 Å². The number of amides is 1. The molecule has 128 valence electrons. The van der Waals surface area contributed by atoms with Crippen molar-refractivity contribution >= 4 is 32.6 Å². The molecule has 1 heterocycles. The van der Waals surface area contributed by atoms with E-state index in [1.165, 1.54) is 24.2 Å². The summed E-state index contributed by atoms with van der Waals surface area (Å²) < 4.78 is 7.04. The van der Waals surface area contributed by atoms with Gasteiger partial charge in [0.2, 0.25) is 0 Å². The highest BCUT2D eigenvalue weighted by molar-refractivity contribution is 7.22. The maximum Gasteiger partial charge on any atom is 0.259 e. The summed E-state index contributed by atoms with van der Waals surface area (Å²) >= 11 is 1.52. The number of hydrogen-bond donors (Lipinski definition) is 0. The summed E-state index contributed by atoms with van der Waals surface area (Å²) in [5.74, 6) is 0.776. The van der Waals surface area contributed by atoms with Crippen LogP contribution in [0.3, 0.4) is 0 Å². The highest BCUT2D eigenvalue weighted by Gasteiger charge is 2.19. The Bertz CT molecular complexity index is 849. The third kappa shape index (κ3) is 3.37. The first kappa shape index (κ1) is 16.1. The Hall–Kier alpha value is -2.40. The van der Waals surface area contributed by atoms with E-state index < -0.39 is 0 Å². The first-order valence-corrected chi connectivity index (χ1v) is 9.43. The van der Waals surface area contributed by atoms with Gasteiger partial charge in [-0.05, 0) is 62.1 Å². The summed E-state index contributed by atoms with van der Waals surface area (Å²) in [7, 11) is 1.77. The molecular weight excluding hydrogens is 332 g/mol. The number of benzene rings is 2. The highest BCUT2D eigenvalue weighted by atomic mass is 32.1. The zero-order valence-electron chi connectivity index (χ0n) is 14.1. The lowest BCUT2D eigenvalue weighted by Gasteiger charge is -2.15. The number of nitrogens with zero attached hydrogens (tertiary/aromatic N) is 2. The third-order valence-corrected chi connectivity index (χ3v) is 5.69. The zero-order chi connectivity index (χ0) is 17.2. The van der Waals surface area contributed by atoms with Crippen molar-refractivity contribution in [2.75, 3.05) is 11.9 Å². The average Bonchev–Trinajstić information content (AvgIpc) is 3.30. The lowest BCUT2D eigenvalue weighted by Crippen LogP contribution is -2.26. The van der Waals surface area contributed by atoms with Gasteiger partial charge in [0.1, 0.15) is 5.75 Å². The molecule has 0 N–H and O–H groups in total.